The lowest BCUT2D eigenvalue weighted by atomic mass is 9.82. The lowest BCUT2D eigenvalue weighted by Gasteiger charge is -2.52. The van der Waals surface area contributed by atoms with E-state index in [0.717, 1.165) is 41.3 Å². The van der Waals surface area contributed by atoms with Gasteiger partial charge in [-0.05, 0) is 25.8 Å². The standard InChI is InChI=1S/C25H28N8O3/c1-13-27-19-15-6-5-7-16(21(15)33(4)25(11-36-12-25)22(19)32(13)3)28-17-10-18(29-23(34)14-8-9-14)30-31-20(17)24(35)26-2/h5-7,10,14H,8-9,11-12H2,1-4H3,(H,26,35)(H2,28,29,30,34)/i2D3. The number of imidazole rings is 1. The van der Waals surface area contributed by atoms with E-state index in [1.54, 1.807) is 0 Å². The molecule has 1 aliphatic carbocycles. The fourth-order valence-electron chi connectivity index (χ4n) is 5.02. The Hall–Kier alpha value is -3.99. The quantitative estimate of drug-likeness (QED) is 0.496. The first-order valence-corrected chi connectivity index (χ1v) is 11.8. The average Bonchev–Trinajstić information content (AvgIpc) is 3.64. The van der Waals surface area contributed by atoms with E-state index < -0.39 is 18.4 Å². The fourth-order valence-corrected chi connectivity index (χ4v) is 5.02. The van der Waals surface area contributed by atoms with Gasteiger partial charge >= 0.3 is 0 Å². The minimum absolute atomic E-state index is 0.0616. The molecule has 3 N–H and O–H groups in total. The first-order chi connectivity index (χ1) is 18.5. The molecule has 1 saturated heterocycles. The highest BCUT2D eigenvalue weighted by Crippen LogP contribution is 2.52. The Labute approximate surface area is 212 Å². The van der Waals surface area contributed by atoms with Crippen LogP contribution in [0.15, 0.2) is 24.3 Å². The van der Waals surface area contributed by atoms with Crippen molar-refractivity contribution in [1.29, 1.82) is 0 Å². The number of rotatable bonds is 5. The van der Waals surface area contributed by atoms with Crippen molar-refractivity contribution in [1.82, 2.24) is 25.1 Å². The van der Waals surface area contributed by atoms with E-state index in [0.29, 0.717) is 18.9 Å². The Kier molecular flexibility index (Phi) is 4.28. The number of fused-ring (bicyclic) bond motifs is 4. The van der Waals surface area contributed by atoms with Crippen molar-refractivity contribution >= 4 is 34.7 Å². The predicted octanol–water partition coefficient (Wildman–Crippen LogP) is 2.31. The zero-order valence-corrected chi connectivity index (χ0v) is 20.2. The maximum absolute atomic E-state index is 12.9. The Balaban J connectivity index is 1.44. The molecule has 4 heterocycles. The van der Waals surface area contributed by atoms with Gasteiger partial charge in [0.1, 0.15) is 11.4 Å². The van der Waals surface area contributed by atoms with Gasteiger partial charge in [-0.25, -0.2) is 4.98 Å². The molecule has 1 spiro atoms. The van der Waals surface area contributed by atoms with Crippen LogP contribution in [-0.4, -0.2) is 58.8 Å². The minimum Gasteiger partial charge on any atom is -0.376 e. The van der Waals surface area contributed by atoms with Gasteiger partial charge in [-0.3, -0.25) is 9.59 Å². The highest BCUT2D eigenvalue weighted by Gasteiger charge is 2.52. The first kappa shape index (κ1) is 19.2. The van der Waals surface area contributed by atoms with Crippen LogP contribution in [-0.2, 0) is 22.1 Å². The lowest BCUT2D eigenvalue weighted by molar-refractivity contribution is -0.117. The van der Waals surface area contributed by atoms with Crippen molar-refractivity contribution in [2.24, 2.45) is 13.0 Å². The molecule has 0 radical (unpaired) electrons. The number of likely N-dealkylation sites (N-methyl/N-ethyl adjacent to an activating group) is 1. The van der Waals surface area contributed by atoms with E-state index in [9.17, 15) is 9.59 Å². The van der Waals surface area contributed by atoms with Gasteiger partial charge in [-0.1, -0.05) is 12.1 Å². The number of aromatic nitrogens is 4. The maximum Gasteiger partial charge on any atom is 0.273 e. The number of carbonyl (C=O) groups excluding carboxylic acids is 2. The van der Waals surface area contributed by atoms with Crippen LogP contribution in [0.3, 0.4) is 0 Å². The van der Waals surface area contributed by atoms with Crippen LogP contribution in [0, 0.1) is 12.8 Å². The van der Waals surface area contributed by atoms with Gasteiger partial charge in [0.25, 0.3) is 5.91 Å². The summed E-state index contributed by atoms with van der Waals surface area (Å²) in [5, 5.41) is 15.9. The number of ether oxygens (including phenoxy) is 1. The van der Waals surface area contributed by atoms with Gasteiger partial charge in [0.2, 0.25) is 5.91 Å². The summed E-state index contributed by atoms with van der Waals surface area (Å²) in [4.78, 5) is 32.3. The van der Waals surface area contributed by atoms with Gasteiger partial charge < -0.3 is 30.2 Å². The second kappa shape index (κ2) is 8.02. The average molecular weight is 492 g/mol. The van der Waals surface area contributed by atoms with Gasteiger partial charge in [-0.15, -0.1) is 10.2 Å². The number of hydrogen-bond acceptors (Lipinski definition) is 8. The van der Waals surface area contributed by atoms with Gasteiger partial charge in [-0.2, -0.15) is 0 Å². The molecule has 186 valence electrons. The normalized spacial score (nSPS) is 18.8. The second-order valence-corrected chi connectivity index (χ2v) is 9.53. The second-order valence-electron chi connectivity index (χ2n) is 9.53. The highest BCUT2D eigenvalue weighted by atomic mass is 16.5. The first-order valence-electron chi connectivity index (χ1n) is 13.3. The van der Waals surface area contributed by atoms with Gasteiger partial charge in [0.15, 0.2) is 11.5 Å². The lowest BCUT2D eigenvalue weighted by Crippen LogP contribution is -2.60. The minimum atomic E-state index is -2.72. The van der Waals surface area contributed by atoms with Crippen molar-refractivity contribution in [3.8, 4) is 11.3 Å². The van der Waals surface area contributed by atoms with Gasteiger partial charge in [0, 0.05) is 42.7 Å². The Morgan fingerprint density at radius 1 is 1.19 bits per heavy atom. The van der Waals surface area contributed by atoms with E-state index in [2.05, 4.69) is 30.3 Å². The predicted molar refractivity (Wildman–Crippen MR) is 134 cm³/mol. The number of para-hydroxylation sites is 1. The zero-order chi connectivity index (χ0) is 27.7. The maximum atomic E-state index is 12.9. The van der Waals surface area contributed by atoms with Crippen molar-refractivity contribution in [3.63, 3.8) is 0 Å². The molecule has 1 aromatic carbocycles. The Morgan fingerprint density at radius 2 is 2.00 bits per heavy atom. The van der Waals surface area contributed by atoms with Crippen molar-refractivity contribution in [2.75, 3.05) is 42.8 Å². The number of nitrogens with zero attached hydrogens (tertiary/aromatic N) is 5. The van der Waals surface area contributed by atoms with Crippen molar-refractivity contribution in [3.05, 3.63) is 41.5 Å². The number of nitrogens with one attached hydrogen (secondary N) is 3. The Morgan fingerprint density at radius 3 is 2.69 bits per heavy atom. The Bertz CT molecular complexity index is 1510. The third kappa shape index (κ3) is 3.26. The monoisotopic (exact) mass is 491 g/mol. The molecule has 0 unspecified atom stereocenters. The van der Waals surface area contributed by atoms with Crippen molar-refractivity contribution < 1.29 is 18.4 Å². The molecule has 0 atom stereocenters. The molecule has 2 aromatic heterocycles. The molecular formula is C25H28N8O3. The van der Waals surface area contributed by atoms with Crippen LogP contribution < -0.4 is 20.9 Å². The number of amides is 2. The molecule has 11 nitrogen and oxygen atoms in total. The number of anilines is 4. The summed E-state index contributed by atoms with van der Waals surface area (Å²) in [7, 11) is 3.99. The number of hydrogen-bond donors (Lipinski definition) is 3. The third-order valence-electron chi connectivity index (χ3n) is 7.30. The van der Waals surface area contributed by atoms with Gasteiger partial charge in [0.05, 0.1) is 41.7 Å². The van der Waals surface area contributed by atoms with E-state index in [1.165, 1.54) is 6.07 Å². The number of benzene rings is 1. The molecule has 3 aliphatic rings. The number of carbonyl (C=O) groups is 2. The summed E-state index contributed by atoms with van der Waals surface area (Å²) in [5.41, 5.74) is 3.88. The van der Waals surface area contributed by atoms with E-state index in [4.69, 9.17) is 13.8 Å². The van der Waals surface area contributed by atoms with Crippen LogP contribution >= 0.6 is 0 Å². The summed E-state index contributed by atoms with van der Waals surface area (Å²) >= 11 is 0. The molecule has 2 aliphatic heterocycles. The summed E-state index contributed by atoms with van der Waals surface area (Å²) in [5.74, 6) is -0.117. The molecule has 6 rings (SSSR count). The SMILES string of the molecule is [2H]C([2H])([2H])NC(=O)c1nnc(NC(=O)C2CC2)cc1Nc1cccc2c1N(C)C1(COC1)c1c-2nc(C)n1C. The summed E-state index contributed by atoms with van der Waals surface area (Å²) in [6.07, 6.45) is 1.62. The smallest absolute Gasteiger partial charge is 0.273 e. The molecule has 2 fully saturated rings. The van der Waals surface area contributed by atoms with Crippen LogP contribution in [0.5, 0.6) is 0 Å². The van der Waals surface area contributed by atoms with Crippen LogP contribution in [0.1, 0.15) is 39.0 Å². The third-order valence-corrected chi connectivity index (χ3v) is 7.30. The molecule has 1 saturated carbocycles. The molecule has 2 amide bonds. The summed E-state index contributed by atoms with van der Waals surface area (Å²) < 4.78 is 30.1. The molecule has 36 heavy (non-hydrogen) atoms. The topological polar surface area (TPSA) is 126 Å². The number of aryl methyl sites for hydroxylation is 1. The molecule has 0 bridgehead atoms. The van der Waals surface area contributed by atoms with Crippen LogP contribution in [0.4, 0.5) is 22.9 Å². The van der Waals surface area contributed by atoms with Crippen molar-refractivity contribution in [2.45, 2.75) is 25.3 Å². The molecule has 11 heteroatoms. The largest absolute Gasteiger partial charge is 0.376 e. The summed E-state index contributed by atoms with van der Waals surface area (Å²) in [6, 6.07) is 7.22. The van der Waals surface area contributed by atoms with Crippen LogP contribution in [0.25, 0.3) is 11.3 Å². The van der Waals surface area contributed by atoms with E-state index in [1.807, 2.05) is 44.5 Å². The van der Waals surface area contributed by atoms with Crippen LogP contribution in [0.2, 0.25) is 0 Å². The van der Waals surface area contributed by atoms with E-state index >= 15 is 0 Å². The molecule has 3 aromatic rings. The fraction of sp³-hybridized carbons (Fsp3) is 0.400. The summed E-state index contributed by atoms with van der Waals surface area (Å²) in [6.45, 7) is 0.224. The zero-order valence-electron chi connectivity index (χ0n) is 23.2. The molecular weight excluding hydrogens is 460 g/mol. The highest BCUT2D eigenvalue weighted by molar-refractivity contribution is 6.01. The van der Waals surface area contributed by atoms with E-state index in [-0.39, 0.29) is 29.0 Å².